The number of rotatable bonds is 5. The third kappa shape index (κ3) is 3.54. The standard InChI is InChI=1S/C18H27NO/c1-14-5-4-6-15(11-14)9-10-19-13-17-12-16-7-2-3-8-18(16)20-17/h2-3,7-8,14-15,17,19H,4-6,9-13H2,1H3. The first kappa shape index (κ1) is 13.9. The highest BCUT2D eigenvalue weighted by Crippen LogP contribution is 2.30. The van der Waals surface area contributed by atoms with Gasteiger partial charge in [-0.1, -0.05) is 44.4 Å². The molecule has 1 aliphatic heterocycles. The van der Waals surface area contributed by atoms with Crippen molar-refractivity contribution < 1.29 is 4.74 Å². The van der Waals surface area contributed by atoms with Gasteiger partial charge in [0.05, 0.1) is 0 Å². The van der Waals surface area contributed by atoms with Crippen LogP contribution < -0.4 is 10.1 Å². The van der Waals surface area contributed by atoms with Crippen molar-refractivity contribution in [2.45, 2.75) is 51.6 Å². The van der Waals surface area contributed by atoms with Crippen molar-refractivity contribution in [3.8, 4) is 5.75 Å². The van der Waals surface area contributed by atoms with E-state index in [0.29, 0.717) is 6.10 Å². The van der Waals surface area contributed by atoms with E-state index in [-0.39, 0.29) is 0 Å². The number of fused-ring (bicyclic) bond motifs is 1. The van der Waals surface area contributed by atoms with Crippen LogP contribution >= 0.6 is 0 Å². The van der Waals surface area contributed by atoms with Gasteiger partial charge in [-0.15, -0.1) is 0 Å². The van der Waals surface area contributed by atoms with E-state index in [1.165, 1.54) is 37.7 Å². The molecular formula is C18H27NO. The van der Waals surface area contributed by atoms with E-state index in [1.54, 1.807) is 0 Å². The Kier molecular flexibility index (Phi) is 4.62. The molecule has 20 heavy (non-hydrogen) atoms. The average Bonchev–Trinajstić information content (AvgIpc) is 2.86. The average molecular weight is 273 g/mol. The highest BCUT2D eigenvalue weighted by molar-refractivity contribution is 5.37. The van der Waals surface area contributed by atoms with Gasteiger partial charge in [-0.3, -0.25) is 0 Å². The van der Waals surface area contributed by atoms with Crippen molar-refractivity contribution >= 4 is 0 Å². The van der Waals surface area contributed by atoms with Crippen LogP contribution in [0.5, 0.6) is 5.75 Å². The summed E-state index contributed by atoms with van der Waals surface area (Å²) in [4.78, 5) is 0. The molecule has 1 aromatic rings. The molecule has 3 rings (SSSR count). The molecule has 3 unspecified atom stereocenters. The number of benzene rings is 1. The fourth-order valence-corrected chi connectivity index (χ4v) is 3.76. The van der Waals surface area contributed by atoms with Gasteiger partial charge in [-0.25, -0.2) is 0 Å². The Bertz CT molecular complexity index is 406. The lowest BCUT2D eigenvalue weighted by molar-refractivity contribution is 0.221. The monoisotopic (exact) mass is 273 g/mol. The van der Waals surface area contributed by atoms with Gasteiger partial charge in [0.1, 0.15) is 11.9 Å². The SMILES string of the molecule is CC1CCCC(CCNCC2Cc3ccccc3O2)C1. The van der Waals surface area contributed by atoms with Crippen LogP contribution in [0.25, 0.3) is 0 Å². The molecule has 0 amide bonds. The van der Waals surface area contributed by atoms with Gasteiger partial charge in [0.15, 0.2) is 0 Å². The second-order valence-corrected chi connectivity index (χ2v) is 6.68. The van der Waals surface area contributed by atoms with Gasteiger partial charge in [-0.2, -0.15) is 0 Å². The molecule has 0 saturated heterocycles. The van der Waals surface area contributed by atoms with E-state index in [9.17, 15) is 0 Å². The third-order valence-corrected chi connectivity index (χ3v) is 4.86. The van der Waals surface area contributed by atoms with E-state index >= 15 is 0 Å². The Hall–Kier alpha value is -1.02. The highest BCUT2D eigenvalue weighted by atomic mass is 16.5. The van der Waals surface area contributed by atoms with Crippen LogP contribution in [0.1, 0.15) is 44.6 Å². The van der Waals surface area contributed by atoms with Crippen LogP contribution in [0, 0.1) is 11.8 Å². The van der Waals surface area contributed by atoms with Gasteiger partial charge in [0.2, 0.25) is 0 Å². The molecule has 0 aromatic heterocycles. The van der Waals surface area contributed by atoms with E-state index in [2.05, 4.69) is 36.5 Å². The first-order valence-electron chi connectivity index (χ1n) is 8.26. The topological polar surface area (TPSA) is 21.3 Å². The minimum absolute atomic E-state index is 0.331. The normalized spacial score (nSPS) is 28.9. The maximum absolute atomic E-state index is 5.95. The summed E-state index contributed by atoms with van der Waals surface area (Å²) in [5.41, 5.74) is 1.36. The zero-order valence-corrected chi connectivity index (χ0v) is 12.6. The molecule has 1 heterocycles. The molecule has 2 nitrogen and oxygen atoms in total. The van der Waals surface area contributed by atoms with Crippen molar-refractivity contribution in [2.24, 2.45) is 11.8 Å². The van der Waals surface area contributed by atoms with Crippen LogP contribution in [-0.4, -0.2) is 19.2 Å². The van der Waals surface area contributed by atoms with Crippen molar-refractivity contribution in [2.75, 3.05) is 13.1 Å². The summed E-state index contributed by atoms with van der Waals surface area (Å²) in [6.07, 6.45) is 8.49. The van der Waals surface area contributed by atoms with E-state index in [1.807, 2.05) is 0 Å². The predicted molar refractivity (Wildman–Crippen MR) is 83.2 cm³/mol. The van der Waals surface area contributed by atoms with E-state index < -0.39 is 0 Å². The Labute approximate surface area is 122 Å². The van der Waals surface area contributed by atoms with Crippen LogP contribution in [0.15, 0.2) is 24.3 Å². The largest absolute Gasteiger partial charge is 0.488 e. The summed E-state index contributed by atoms with van der Waals surface area (Å²) >= 11 is 0. The van der Waals surface area contributed by atoms with Gasteiger partial charge in [-0.05, 0) is 42.9 Å². The van der Waals surface area contributed by atoms with Gasteiger partial charge < -0.3 is 10.1 Å². The fourth-order valence-electron chi connectivity index (χ4n) is 3.76. The molecule has 2 aliphatic rings. The minimum Gasteiger partial charge on any atom is -0.488 e. The Morgan fingerprint density at radius 1 is 1.25 bits per heavy atom. The number of para-hydroxylation sites is 1. The molecule has 1 fully saturated rings. The summed E-state index contributed by atoms with van der Waals surface area (Å²) in [6, 6.07) is 8.42. The third-order valence-electron chi connectivity index (χ3n) is 4.86. The van der Waals surface area contributed by atoms with Crippen LogP contribution in [-0.2, 0) is 6.42 Å². The lowest BCUT2D eigenvalue weighted by Gasteiger charge is -2.26. The summed E-state index contributed by atoms with van der Waals surface area (Å²) in [6.45, 7) is 4.54. The van der Waals surface area contributed by atoms with Gasteiger partial charge in [0, 0.05) is 13.0 Å². The summed E-state index contributed by atoms with van der Waals surface area (Å²) in [5.74, 6) is 2.98. The Balaban J connectivity index is 1.33. The zero-order valence-electron chi connectivity index (χ0n) is 12.6. The Morgan fingerprint density at radius 2 is 2.15 bits per heavy atom. The second-order valence-electron chi connectivity index (χ2n) is 6.68. The number of nitrogens with one attached hydrogen (secondary N) is 1. The molecule has 2 heteroatoms. The smallest absolute Gasteiger partial charge is 0.123 e. The molecule has 1 aromatic carbocycles. The lowest BCUT2D eigenvalue weighted by Crippen LogP contribution is -2.31. The summed E-state index contributed by atoms with van der Waals surface area (Å²) in [5, 5.41) is 3.60. The van der Waals surface area contributed by atoms with E-state index in [4.69, 9.17) is 4.74 Å². The Morgan fingerprint density at radius 3 is 3.00 bits per heavy atom. The zero-order chi connectivity index (χ0) is 13.8. The van der Waals surface area contributed by atoms with Gasteiger partial charge in [0.25, 0.3) is 0 Å². The lowest BCUT2D eigenvalue weighted by atomic mass is 9.81. The molecule has 0 radical (unpaired) electrons. The molecule has 0 bridgehead atoms. The summed E-state index contributed by atoms with van der Waals surface area (Å²) in [7, 11) is 0. The molecular weight excluding hydrogens is 246 g/mol. The van der Waals surface area contributed by atoms with Crippen LogP contribution in [0.3, 0.4) is 0 Å². The summed E-state index contributed by atoms with van der Waals surface area (Å²) < 4.78 is 5.95. The van der Waals surface area contributed by atoms with Gasteiger partial charge >= 0.3 is 0 Å². The number of hydrogen-bond acceptors (Lipinski definition) is 2. The molecule has 1 aliphatic carbocycles. The number of hydrogen-bond donors (Lipinski definition) is 1. The first-order chi connectivity index (χ1) is 9.81. The molecule has 1 N–H and O–H groups in total. The second kappa shape index (κ2) is 6.62. The van der Waals surface area contributed by atoms with Crippen molar-refractivity contribution in [3.63, 3.8) is 0 Å². The predicted octanol–water partition coefficient (Wildman–Crippen LogP) is 3.80. The van der Waals surface area contributed by atoms with Crippen molar-refractivity contribution in [1.82, 2.24) is 5.32 Å². The quantitative estimate of drug-likeness (QED) is 0.824. The maximum atomic E-state index is 5.95. The van der Waals surface area contributed by atoms with Crippen molar-refractivity contribution in [1.29, 1.82) is 0 Å². The molecule has 110 valence electrons. The van der Waals surface area contributed by atoms with Crippen LogP contribution in [0.2, 0.25) is 0 Å². The fraction of sp³-hybridized carbons (Fsp3) is 0.667. The number of ether oxygens (including phenoxy) is 1. The first-order valence-corrected chi connectivity index (χ1v) is 8.26. The van der Waals surface area contributed by atoms with E-state index in [0.717, 1.165) is 37.1 Å². The molecule has 0 spiro atoms. The van der Waals surface area contributed by atoms with Crippen LogP contribution in [0.4, 0.5) is 0 Å². The highest BCUT2D eigenvalue weighted by Gasteiger charge is 2.22. The molecule has 1 saturated carbocycles. The maximum Gasteiger partial charge on any atom is 0.123 e. The minimum atomic E-state index is 0.331. The molecule has 3 atom stereocenters. The van der Waals surface area contributed by atoms with Crippen molar-refractivity contribution in [3.05, 3.63) is 29.8 Å².